The van der Waals surface area contributed by atoms with Crippen LogP contribution in [0, 0.1) is 0 Å². The van der Waals surface area contributed by atoms with Gasteiger partial charge in [0, 0.05) is 10.0 Å². The van der Waals surface area contributed by atoms with Crippen LogP contribution in [0.3, 0.4) is 0 Å². The number of amides is 1. The zero-order chi connectivity index (χ0) is 24.4. The molecule has 1 aromatic heterocycles. The number of nitrogens with zero attached hydrogens (tertiary/aromatic N) is 3. The van der Waals surface area contributed by atoms with Crippen molar-refractivity contribution in [1.82, 2.24) is 14.8 Å². The number of halogens is 2. The Kier molecular flexibility index (Phi) is 6.61. The summed E-state index contributed by atoms with van der Waals surface area (Å²) < 4.78 is 6.96. The predicted molar refractivity (Wildman–Crippen MR) is 137 cm³/mol. The van der Waals surface area contributed by atoms with Gasteiger partial charge >= 0.3 is 0 Å². The Morgan fingerprint density at radius 1 is 1.09 bits per heavy atom. The molecule has 0 saturated carbocycles. The standard InChI is InChI=1S/C26H23Cl2N5O2/c1-35-19-12-6-16(7-13-19)14-24(34)30-25-31-26-29-22(17-8-10-18(27)11-9-17)15-23(33(26)32-25)20-4-2-3-5-21(20)28/h2-13,22-23H,14-15H2,1H3,(H2,29,30,31,32,34)/t22-,23-/m1/s1. The van der Waals surface area contributed by atoms with Gasteiger partial charge < -0.3 is 10.1 Å². The second kappa shape index (κ2) is 9.98. The topological polar surface area (TPSA) is 81.1 Å². The second-order valence-corrected chi connectivity index (χ2v) is 9.14. The molecule has 7 nitrogen and oxygen atoms in total. The van der Waals surface area contributed by atoms with Gasteiger partial charge in [-0.3, -0.25) is 10.1 Å². The van der Waals surface area contributed by atoms with Gasteiger partial charge in [-0.25, -0.2) is 4.68 Å². The van der Waals surface area contributed by atoms with Crippen LogP contribution in [0.4, 0.5) is 11.9 Å². The van der Waals surface area contributed by atoms with Crippen LogP contribution in [0.1, 0.15) is 35.2 Å². The van der Waals surface area contributed by atoms with Crippen LogP contribution in [-0.4, -0.2) is 27.8 Å². The van der Waals surface area contributed by atoms with Crippen molar-refractivity contribution in [1.29, 1.82) is 0 Å². The van der Waals surface area contributed by atoms with E-state index in [4.69, 9.17) is 27.9 Å². The molecule has 0 unspecified atom stereocenters. The maximum Gasteiger partial charge on any atom is 0.250 e. The van der Waals surface area contributed by atoms with Crippen molar-refractivity contribution < 1.29 is 9.53 Å². The van der Waals surface area contributed by atoms with Crippen molar-refractivity contribution in [3.8, 4) is 5.75 Å². The Balaban J connectivity index is 1.41. The molecule has 0 aliphatic carbocycles. The number of nitrogens with one attached hydrogen (secondary N) is 2. The summed E-state index contributed by atoms with van der Waals surface area (Å²) in [5.41, 5.74) is 2.88. The lowest BCUT2D eigenvalue weighted by molar-refractivity contribution is -0.115. The maximum atomic E-state index is 12.7. The molecule has 1 aliphatic rings. The van der Waals surface area contributed by atoms with Crippen LogP contribution < -0.4 is 15.4 Å². The minimum atomic E-state index is -0.207. The number of fused-ring (bicyclic) bond motifs is 1. The van der Waals surface area contributed by atoms with Crippen molar-refractivity contribution in [2.24, 2.45) is 0 Å². The fraction of sp³-hybridized carbons (Fsp3) is 0.192. The van der Waals surface area contributed by atoms with E-state index in [0.29, 0.717) is 22.4 Å². The number of hydrogen-bond donors (Lipinski definition) is 2. The number of anilines is 2. The molecule has 0 bridgehead atoms. The van der Waals surface area contributed by atoms with Gasteiger partial charge in [-0.15, -0.1) is 5.10 Å². The molecule has 0 spiro atoms. The second-order valence-electron chi connectivity index (χ2n) is 8.30. The van der Waals surface area contributed by atoms with Crippen molar-refractivity contribution in [2.45, 2.75) is 24.9 Å². The van der Waals surface area contributed by atoms with Crippen LogP contribution in [0.5, 0.6) is 5.75 Å². The Labute approximate surface area is 213 Å². The molecule has 9 heteroatoms. The third-order valence-corrected chi connectivity index (χ3v) is 6.60. The summed E-state index contributed by atoms with van der Waals surface area (Å²) in [6.45, 7) is 0. The van der Waals surface area contributed by atoms with Crippen LogP contribution in [0.2, 0.25) is 10.0 Å². The molecule has 4 aromatic rings. The van der Waals surface area contributed by atoms with Gasteiger partial charge in [-0.05, 0) is 53.4 Å². The van der Waals surface area contributed by atoms with Gasteiger partial charge in [-0.1, -0.05) is 65.7 Å². The van der Waals surface area contributed by atoms with E-state index in [1.54, 1.807) is 11.8 Å². The summed E-state index contributed by atoms with van der Waals surface area (Å²) in [5.74, 6) is 1.33. The van der Waals surface area contributed by atoms with Crippen molar-refractivity contribution >= 4 is 41.0 Å². The van der Waals surface area contributed by atoms with E-state index in [-0.39, 0.29) is 30.4 Å². The minimum Gasteiger partial charge on any atom is -0.497 e. The van der Waals surface area contributed by atoms with E-state index in [1.807, 2.05) is 72.8 Å². The number of benzene rings is 3. The molecular formula is C26H23Cl2N5O2. The monoisotopic (exact) mass is 507 g/mol. The van der Waals surface area contributed by atoms with Gasteiger partial charge in [0.2, 0.25) is 11.9 Å². The van der Waals surface area contributed by atoms with Crippen LogP contribution in [0.25, 0.3) is 0 Å². The smallest absolute Gasteiger partial charge is 0.250 e. The van der Waals surface area contributed by atoms with E-state index in [0.717, 1.165) is 22.4 Å². The van der Waals surface area contributed by atoms with E-state index in [2.05, 4.69) is 20.7 Å². The lowest BCUT2D eigenvalue weighted by atomic mass is 9.93. The largest absolute Gasteiger partial charge is 0.497 e. The fourth-order valence-corrected chi connectivity index (χ4v) is 4.63. The zero-order valence-corrected chi connectivity index (χ0v) is 20.4. The van der Waals surface area contributed by atoms with Crippen molar-refractivity contribution in [3.05, 3.63) is 99.5 Å². The number of carbonyl (C=O) groups is 1. The molecule has 2 N–H and O–H groups in total. The quantitative estimate of drug-likeness (QED) is 0.338. The molecule has 5 rings (SSSR count). The first-order chi connectivity index (χ1) is 17.0. The highest BCUT2D eigenvalue weighted by Crippen LogP contribution is 2.40. The summed E-state index contributed by atoms with van der Waals surface area (Å²) in [6.07, 6.45) is 0.892. The maximum absolute atomic E-state index is 12.7. The van der Waals surface area contributed by atoms with Crippen LogP contribution in [0.15, 0.2) is 72.8 Å². The summed E-state index contributed by atoms with van der Waals surface area (Å²) >= 11 is 12.7. The molecule has 0 radical (unpaired) electrons. The number of rotatable bonds is 6. The lowest BCUT2D eigenvalue weighted by Gasteiger charge is -2.32. The number of aromatic nitrogens is 3. The summed E-state index contributed by atoms with van der Waals surface area (Å²) in [5, 5.41) is 12.2. The normalized spacial score (nSPS) is 16.8. The Bertz CT molecular complexity index is 1340. The first kappa shape index (κ1) is 23.2. The Morgan fingerprint density at radius 2 is 1.83 bits per heavy atom. The van der Waals surface area contributed by atoms with Gasteiger partial charge in [0.1, 0.15) is 5.75 Å². The van der Waals surface area contributed by atoms with Crippen molar-refractivity contribution in [2.75, 3.05) is 17.7 Å². The third-order valence-electron chi connectivity index (χ3n) is 6.00. The zero-order valence-electron chi connectivity index (χ0n) is 18.9. The SMILES string of the molecule is COc1ccc(CC(=O)Nc2nc3n(n2)[C@@H](c2ccccc2Cl)C[C@H](c2ccc(Cl)cc2)N3)cc1. The predicted octanol–water partition coefficient (Wildman–Crippen LogP) is 5.92. The molecule has 35 heavy (non-hydrogen) atoms. The van der Waals surface area contributed by atoms with Gasteiger partial charge in [0.05, 0.1) is 25.6 Å². The Morgan fingerprint density at radius 3 is 2.54 bits per heavy atom. The Hall–Kier alpha value is -3.55. The lowest BCUT2D eigenvalue weighted by Crippen LogP contribution is -2.28. The van der Waals surface area contributed by atoms with E-state index < -0.39 is 0 Å². The molecule has 1 aliphatic heterocycles. The van der Waals surface area contributed by atoms with Gasteiger partial charge in [0.15, 0.2) is 0 Å². The number of ether oxygens (including phenoxy) is 1. The first-order valence-electron chi connectivity index (χ1n) is 11.2. The summed E-state index contributed by atoms with van der Waals surface area (Å²) in [6, 6.07) is 22.6. The summed E-state index contributed by atoms with van der Waals surface area (Å²) in [4.78, 5) is 17.3. The molecule has 2 heterocycles. The number of methoxy groups -OCH3 is 1. The van der Waals surface area contributed by atoms with Gasteiger partial charge in [0.25, 0.3) is 5.95 Å². The average molecular weight is 508 g/mol. The molecule has 1 amide bonds. The van der Waals surface area contributed by atoms with E-state index in [1.165, 1.54) is 0 Å². The number of hydrogen-bond acceptors (Lipinski definition) is 5. The minimum absolute atomic E-state index is 0.0342. The van der Waals surface area contributed by atoms with Crippen LogP contribution >= 0.6 is 23.2 Å². The van der Waals surface area contributed by atoms with E-state index in [9.17, 15) is 4.79 Å². The molecule has 3 aromatic carbocycles. The number of carbonyl (C=O) groups excluding carboxylic acids is 1. The highest BCUT2D eigenvalue weighted by molar-refractivity contribution is 6.31. The van der Waals surface area contributed by atoms with Crippen molar-refractivity contribution in [3.63, 3.8) is 0 Å². The third kappa shape index (κ3) is 5.11. The van der Waals surface area contributed by atoms with E-state index >= 15 is 0 Å². The van der Waals surface area contributed by atoms with Gasteiger partial charge in [-0.2, -0.15) is 4.98 Å². The molecule has 2 atom stereocenters. The molecular weight excluding hydrogens is 485 g/mol. The molecule has 178 valence electrons. The fourth-order valence-electron chi connectivity index (χ4n) is 4.25. The highest BCUT2D eigenvalue weighted by Gasteiger charge is 2.32. The first-order valence-corrected chi connectivity index (χ1v) is 11.9. The van der Waals surface area contributed by atoms with Crippen LogP contribution in [-0.2, 0) is 11.2 Å². The molecule has 0 fully saturated rings. The summed E-state index contributed by atoms with van der Waals surface area (Å²) in [7, 11) is 1.61. The highest BCUT2D eigenvalue weighted by atomic mass is 35.5. The average Bonchev–Trinajstić information content (AvgIpc) is 3.27. The molecule has 0 saturated heterocycles.